The van der Waals surface area contributed by atoms with Crippen LogP contribution in [0.4, 0.5) is 0 Å². The van der Waals surface area contributed by atoms with E-state index in [2.05, 4.69) is 21.0 Å². The first-order valence-electron chi connectivity index (χ1n) is 7.49. The molecule has 0 radical (unpaired) electrons. The Hall–Kier alpha value is -3.65. The number of hydrogen-bond acceptors (Lipinski definition) is 3. The molecule has 0 unspecified atom stereocenters. The van der Waals surface area contributed by atoms with E-state index in [0.717, 1.165) is 22.3 Å². The highest BCUT2D eigenvalue weighted by atomic mass is 15.0. The molecule has 24 heavy (non-hydrogen) atoms. The van der Waals surface area contributed by atoms with Gasteiger partial charge in [0, 0.05) is 18.1 Å². The van der Waals surface area contributed by atoms with Gasteiger partial charge in [-0.1, -0.05) is 24.3 Å². The third-order valence-corrected chi connectivity index (χ3v) is 3.77. The molecule has 0 saturated heterocycles. The SMILES string of the molecule is N#C/C(=C\c1ccc(-n2ccnc2)cc1)c1nc2ccccc2[nH]1. The molecule has 0 atom stereocenters. The number of fused-ring (bicyclic) bond motifs is 1. The number of imidazole rings is 2. The minimum atomic E-state index is 0.501. The number of allylic oxidation sites excluding steroid dienone is 1. The van der Waals surface area contributed by atoms with E-state index in [0.29, 0.717) is 11.4 Å². The van der Waals surface area contributed by atoms with Gasteiger partial charge in [-0.2, -0.15) is 5.26 Å². The second-order valence-corrected chi connectivity index (χ2v) is 5.33. The van der Waals surface area contributed by atoms with Crippen molar-refractivity contribution in [2.24, 2.45) is 0 Å². The number of nitrogens with zero attached hydrogens (tertiary/aromatic N) is 4. The summed E-state index contributed by atoms with van der Waals surface area (Å²) < 4.78 is 1.93. The molecule has 114 valence electrons. The molecule has 4 aromatic rings. The van der Waals surface area contributed by atoms with Crippen LogP contribution in [-0.4, -0.2) is 19.5 Å². The summed E-state index contributed by atoms with van der Waals surface area (Å²) in [6.07, 6.45) is 7.21. The summed E-state index contributed by atoms with van der Waals surface area (Å²) in [5.41, 5.74) is 4.23. The van der Waals surface area contributed by atoms with E-state index >= 15 is 0 Å². The van der Waals surface area contributed by atoms with E-state index in [1.165, 1.54) is 0 Å². The Morgan fingerprint density at radius 3 is 2.67 bits per heavy atom. The minimum Gasteiger partial charge on any atom is -0.337 e. The van der Waals surface area contributed by atoms with Crippen LogP contribution in [0.25, 0.3) is 28.4 Å². The average molecular weight is 311 g/mol. The van der Waals surface area contributed by atoms with Gasteiger partial charge in [0.2, 0.25) is 0 Å². The number of nitriles is 1. The first-order chi connectivity index (χ1) is 11.8. The topological polar surface area (TPSA) is 70.3 Å². The number of aromatic amines is 1. The molecule has 0 aliphatic rings. The quantitative estimate of drug-likeness (QED) is 0.585. The van der Waals surface area contributed by atoms with Crippen LogP contribution in [0.3, 0.4) is 0 Å². The van der Waals surface area contributed by atoms with Crippen molar-refractivity contribution in [3.8, 4) is 11.8 Å². The number of benzene rings is 2. The summed E-state index contributed by atoms with van der Waals surface area (Å²) in [6.45, 7) is 0. The largest absolute Gasteiger partial charge is 0.337 e. The summed E-state index contributed by atoms with van der Waals surface area (Å²) in [5.74, 6) is 0.581. The zero-order chi connectivity index (χ0) is 16.4. The van der Waals surface area contributed by atoms with Crippen LogP contribution in [0.1, 0.15) is 11.4 Å². The molecule has 2 aromatic carbocycles. The number of nitrogens with one attached hydrogen (secondary N) is 1. The molecule has 0 fully saturated rings. The normalized spacial score (nSPS) is 11.5. The van der Waals surface area contributed by atoms with Gasteiger partial charge in [0.05, 0.1) is 22.9 Å². The second-order valence-electron chi connectivity index (χ2n) is 5.33. The maximum atomic E-state index is 9.48. The van der Waals surface area contributed by atoms with Crippen LogP contribution in [0.2, 0.25) is 0 Å². The monoisotopic (exact) mass is 311 g/mol. The van der Waals surface area contributed by atoms with Crippen molar-refractivity contribution in [3.63, 3.8) is 0 Å². The lowest BCUT2D eigenvalue weighted by atomic mass is 10.1. The molecule has 1 N–H and O–H groups in total. The zero-order valence-corrected chi connectivity index (χ0v) is 12.7. The molecule has 0 amide bonds. The minimum absolute atomic E-state index is 0.501. The second kappa shape index (κ2) is 5.86. The molecular formula is C19H13N5. The summed E-state index contributed by atoms with van der Waals surface area (Å²) in [4.78, 5) is 11.7. The summed E-state index contributed by atoms with van der Waals surface area (Å²) in [5, 5.41) is 9.48. The number of hydrogen-bond donors (Lipinski definition) is 1. The lowest BCUT2D eigenvalue weighted by Gasteiger charge is -2.02. The Morgan fingerprint density at radius 2 is 1.96 bits per heavy atom. The van der Waals surface area contributed by atoms with Gasteiger partial charge in [-0.05, 0) is 35.9 Å². The number of para-hydroxylation sites is 2. The Bertz CT molecular complexity index is 1010. The molecule has 0 spiro atoms. The predicted octanol–water partition coefficient (Wildman–Crippen LogP) is 3.81. The summed E-state index contributed by atoms with van der Waals surface area (Å²) in [7, 11) is 0. The average Bonchev–Trinajstić information content (AvgIpc) is 3.29. The number of H-pyrrole nitrogens is 1. The highest BCUT2D eigenvalue weighted by molar-refractivity contribution is 5.90. The van der Waals surface area contributed by atoms with E-state index in [9.17, 15) is 5.26 Å². The molecule has 0 bridgehead atoms. The van der Waals surface area contributed by atoms with Crippen LogP contribution in [0.15, 0.2) is 67.3 Å². The first-order valence-corrected chi connectivity index (χ1v) is 7.49. The molecule has 0 saturated carbocycles. The lowest BCUT2D eigenvalue weighted by molar-refractivity contribution is 1.06. The third kappa shape index (κ3) is 2.57. The third-order valence-electron chi connectivity index (χ3n) is 3.77. The van der Waals surface area contributed by atoms with E-state index in [1.54, 1.807) is 12.5 Å². The Balaban J connectivity index is 1.68. The Kier molecular flexibility index (Phi) is 3.41. The van der Waals surface area contributed by atoms with Gasteiger partial charge in [-0.3, -0.25) is 0 Å². The van der Waals surface area contributed by atoms with Crippen molar-refractivity contribution in [2.75, 3.05) is 0 Å². The van der Waals surface area contributed by atoms with Crippen LogP contribution in [-0.2, 0) is 0 Å². The molecule has 2 heterocycles. The van der Waals surface area contributed by atoms with Gasteiger partial charge in [-0.15, -0.1) is 0 Å². The molecule has 2 aromatic heterocycles. The van der Waals surface area contributed by atoms with Gasteiger partial charge in [0.15, 0.2) is 0 Å². The number of aromatic nitrogens is 4. The molecule has 0 aliphatic heterocycles. The maximum Gasteiger partial charge on any atom is 0.149 e. The predicted molar refractivity (Wildman–Crippen MR) is 93.1 cm³/mol. The van der Waals surface area contributed by atoms with E-state index in [-0.39, 0.29) is 0 Å². The van der Waals surface area contributed by atoms with Crippen molar-refractivity contribution in [2.45, 2.75) is 0 Å². The van der Waals surface area contributed by atoms with Crippen molar-refractivity contribution in [1.29, 1.82) is 5.26 Å². The fourth-order valence-electron chi connectivity index (χ4n) is 2.56. The maximum absolute atomic E-state index is 9.48. The van der Waals surface area contributed by atoms with Gasteiger partial charge in [0.1, 0.15) is 11.9 Å². The molecule has 0 aliphatic carbocycles. The van der Waals surface area contributed by atoms with Crippen molar-refractivity contribution in [3.05, 3.63) is 78.6 Å². The van der Waals surface area contributed by atoms with Crippen LogP contribution < -0.4 is 0 Å². The van der Waals surface area contributed by atoms with Gasteiger partial charge >= 0.3 is 0 Å². The fourth-order valence-corrected chi connectivity index (χ4v) is 2.56. The summed E-state index contributed by atoms with van der Waals surface area (Å²) in [6, 6.07) is 17.9. The lowest BCUT2D eigenvalue weighted by Crippen LogP contribution is -1.89. The van der Waals surface area contributed by atoms with Crippen molar-refractivity contribution >= 4 is 22.7 Å². The molecular weight excluding hydrogens is 298 g/mol. The van der Waals surface area contributed by atoms with Gasteiger partial charge in [0.25, 0.3) is 0 Å². The highest BCUT2D eigenvalue weighted by Gasteiger charge is 2.07. The van der Waals surface area contributed by atoms with Crippen molar-refractivity contribution in [1.82, 2.24) is 19.5 Å². The number of rotatable bonds is 3. The van der Waals surface area contributed by atoms with Crippen molar-refractivity contribution < 1.29 is 0 Å². The van der Waals surface area contributed by atoms with Gasteiger partial charge < -0.3 is 9.55 Å². The highest BCUT2D eigenvalue weighted by Crippen LogP contribution is 2.19. The zero-order valence-electron chi connectivity index (χ0n) is 12.7. The Labute approximate surface area is 138 Å². The first kappa shape index (κ1) is 14.0. The van der Waals surface area contributed by atoms with Gasteiger partial charge in [-0.25, -0.2) is 9.97 Å². The van der Waals surface area contributed by atoms with Crippen LogP contribution in [0.5, 0.6) is 0 Å². The Morgan fingerprint density at radius 1 is 1.12 bits per heavy atom. The molecule has 4 rings (SSSR count). The molecule has 5 heteroatoms. The smallest absolute Gasteiger partial charge is 0.149 e. The van der Waals surface area contributed by atoms with Crippen LogP contribution in [0, 0.1) is 11.3 Å². The summed E-state index contributed by atoms with van der Waals surface area (Å²) >= 11 is 0. The van der Waals surface area contributed by atoms with E-state index in [1.807, 2.05) is 65.4 Å². The fraction of sp³-hybridized carbons (Fsp3) is 0. The van der Waals surface area contributed by atoms with E-state index in [4.69, 9.17) is 0 Å². The standard InChI is InChI=1S/C19H13N5/c20-12-15(19-22-17-3-1-2-4-18(17)23-19)11-14-5-7-16(8-6-14)24-10-9-21-13-24/h1-11,13H,(H,22,23)/b15-11+. The van der Waals surface area contributed by atoms with Crippen LogP contribution >= 0.6 is 0 Å². The van der Waals surface area contributed by atoms with E-state index < -0.39 is 0 Å². The molecule has 5 nitrogen and oxygen atoms in total.